The lowest BCUT2D eigenvalue weighted by molar-refractivity contribution is 0.878. The van der Waals surface area contributed by atoms with Gasteiger partial charge >= 0.3 is 0 Å². The molecule has 0 aliphatic carbocycles. The lowest BCUT2D eigenvalue weighted by atomic mass is 9.99. The molecule has 2 rings (SSSR count). The van der Waals surface area contributed by atoms with Gasteiger partial charge < -0.3 is 0 Å². The summed E-state index contributed by atoms with van der Waals surface area (Å²) in [5, 5.41) is 0. The Morgan fingerprint density at radius 3 is 1.78 bits per heavy atom. The van der Waals surface area contributed by atoms with E-state index in [-0.39, 0.29) is 6.04 Å². The van der Waals surface area contributed by atoms with Crippen LogP contribution >= 0.6 is 0 Å². The lowest BCUT2D eigenvalue weighted by Gasteiger charge is -2.13. The molecule has 90 valence electrons. The van der Waals surface area contributed by atoms with E-state index in [0.29, 0.717) is 0 Å². The lowest BCUT2D eigenvalue weighted by Crippen LogP contribution is -1.98. The van der Waals surface area contributed by atoms with E-state index in [9.17, 15) is 0 Å². The van der Waals surface area contributed by atoms with Crippen LogP contribution in [0.25, 0.3) is 0 Å². The molecule has 0 unspecified atom stereocenters. The summed E-state index contributed by atoms with van der Waals surface area (Å²) in [4.78, 5) is 4.64. The van der Waals surface area contributed by atoms with Crippen molar-refractivity contribution >= 4 is 6.21 Å². The predicted octanol–water partition coefficient (Wildman–Crippen LogP) is 4.42. The number of allylic oxidation sites excluding steroid dienone is 1. The number of hydrogen-bond donors (Lipinski definition) is 0. The van der Waals surface area contributed by atoms with E-state index in [2.05, 4.69) is 35.8 Å². The van der Waals surface area contributed by atoms with Gasteiger partial charge in [0.25, 0.3) is 0 Å². The zero-order valence-corrected chi connectivity index (χ0v) is 10.6. The second kappa shape index (κ2) is 5.97. The molecule has 0 amide bonds. The zero-order chi connectivity index (χ0) is 12.8. The smallest absolute Gasteiger partial charge is 0.0999 e. The number of hydrogen-bond acceptors (Lipinski definition) is 1. The van der Waals surface area contributed by atoms with Gasteiger partial charge in [-0.1, -0.05) is 67.2 Å². The van der Waals surface area contributed by atoms with Gasteiger partial charge in [-0.15, -0.1) is 0 Å². The van der Waals surface area contributed by atoms with E-state index in [1.807, 2.05) is 49.5 Å². The molecular formula is C17H17N. The molecule has 0 spiro atoms. The van der Waals surface area contributed by atoms with Crippen LogP contribution in [0.2, 0.25) is 0 Å². The summed E-state index contributed by atoms with van der Waals surface area (Å²) < 4.78 is 0. The Bertz CT molecular complexity index is 487. The van der Waals surface area contributed by atoms with E-state index >= 15 is 0 Å². The summed E-state index contributed by atoms with van der Waals surface area (Å²) >= 11 is 0. The van der Waals surface area contributed by atoms with Crippen molar-refractivity contribution in [2.45, 2.75) is 13.0 Å². The minimum atomic E-state index is 0.0455. The molecule has 0 aliphatic heterocycles. The Kier molecular flexibility index (Phi) is 4.08. The molecule has 18 heavy (non-hydrogen) atoms. The third-order valence-electron chi connectivity index (χ3n) is 2.67. The van der Waals surface area contributed by atoms with Crippen LogP contribution in [-0.4, -0.2) is 6.21 Å². The highest BCUT2D eigenvalue weighted by Gasteiger charge is 2.10. The monoisotopic (exact) mass is 235 g/mol. The highest BCUT2D eigenvalue weighted by atomic mass is 14.8. The van der Waals surface area contributed by atoms with Gasteiger partial charge in [0.05, 0.1) is 6.04 Å². The summed E-state index contributed by atoms with van der Waals surface area (Å²) in [5.41, 5.74) is 3.36. The maximum atomic E-state index is 4.64. The molecule has 0 aromatic heterocycles. The molecule has 0 heterocycles. The molecule has 0 radical (unpaired) electrons. The zero-order valence-electron chi connectivity index (χ0n) is 10.6. The minimum Gasteiger partial charge on any atom is -0.280 e. The van der Waals surface area contributed by atoms with Crippen LogP contribution in [-0.2, 0) is 0 Å². The highest BCUT2D eigenvalue weighted by Crippen LogP contribution is 2.25. The van der Waals surface area contributed by atoms with Gasteiger partial charge in [0.15, 0.2) is 0 Å². The standard InChI is InChI=1S/C17H17N/c1-14(2)13-18-17(15-9-5-3-6-10-15)16-11-7-4-8-12-16/h3-13,17H,1H2,2H3. The average Bonchev–Trinajstić information content (AvgIpc) is 2.41. The fourth-order valence-corrected chi connectivity index (χ4v) is 1.84. The Morgan fingerprint density at radius 1 is 0.944 bits per heavy atom. The van der Waals surface area contributed by atoms with Crippen LogP contribution in [0.15, 0.2) is 77.8 Å². The van der Waals surface area contributed by atoms with Gasteiger partial charge in [0.1, 0.15) is 0 Å². The molecule has 0 fully saturated rings. The Morgan fingerprint density at radius 2 is 1.39 bits per heavy atom. The molecule has 0 atom stereocenters. The Labute approximate surface area is 109 Å². The van der Waals surface area contributed by atoms with E-state index in [0.717, 1.165) is 5.57 Å². The third-order valence-corrected chi connectivity index (χ3v) is 2.67. The molecule has 0 saturated carbocycles. The first-order valence-corrected chi connectivity index (χ1v) is 6.06. The van der Waals surface area contributed by atoms with Gasteiger partial charge in [-0.05, 0) is 23.6 Å². The summed E-state index contributed by atoms with van der Waals surface area (Å²) in [7, 11) is 0. The summed E-state index contributed by atoms with van der Waals surface area (Å²) in [6.45, 7) is 5.82. The van der Waals surface area contributed by atoms with E-state index in [4.69, 9.17) is 0 Å². The van der Waals surface area contributed by atoms with Crippen molar-refractivity contribution < 1.29 is 0 Å². The summed E-state index contributed by atoms with van der Waals surface area (Å²) in [6, 6.07) is 20.7. The first-order chi connectivity index (χ1) is 8.77. The van der Waals surface area contributed by atoms with Crippen LogP contribution in [0.4, 0.5) is 0 Å². The van der Waals surface area contributed by atoms with Crippen LogP contribution in [0.3, 0.4) is 0 Å². The molecule has 1 nitrogen and oxygen atoms in total. The van der Waals surface area contributed by atoms with Gasteiger partial charge in [0, 0.05) is 6.21 Å². The third kappa shape index (κ3) is 3.17. The van der Waals surface area contributed by atoms with E-state index < -0.39 is 0 Å². The number of rotatable bonds is 4. The molecular weight excluding hydrogens is 218 g/mol. The maximum absolute atomic E-state index is 4.64. The quantitative estimate of drug-likeness (QED) is 0.695. The number of benzene rings is 2. The fraction of sp³-hybridized carbons (Fsp3) is 0.118. The van der Waals surface area contributed by atoms with Gasteiger partial charge in [-0.2, -0.15) is 0 Å². The van der Waals surface area contributed by atoms with Crippen LogP contribution < -0.4 is 0 Å². The molecule has 2 aromatic carbocycles. The number of aliphatic imine (C=N–C) groups is 1. The number of nitrogens with zero attached hydrogens (tertiary/aromatic N) is 1. The molecule has 0 bridgehead atoms. The first kappa shape index (κ1) is 12.3. The second-order valence-electron chi connectivity index (χ2n) is 4.35. The summed E-state index contributed by atoms with van der Waals surface area (Å²) in [5.74, 6) is 0. The molecule has 0 aliphatic rings. The van der Waals surface area contributed by atoms with Gasteiger partial charge in [-0.25, -0.2) is 0 Å². The SMILES string of the molecule is C=C(C)C=NC(c1ccccc1)c1ccccc1. The van der Waals surface area contributed by atoms with Gasteiger partial charge in [0.2, 0.25) is 0 Å². The van der Waals surface area contributed by atoms with Gasteiger partial charge in [-0.3, -0.25) is 4.99 Å². The normalized spacial score (nSPS) is 11.0. The maximum Gasteiger partial charge on any atom is 0.0999 e. The topological polar surface area (TPSA) is 12.4 Å². The fourth-order valence-electron chi connectivity index (χ4n) is 1.84. The largest absolute Gasteiger partial charge is 0.280 e. The van der Waals surface area contributed by atoms with Crippen LogP contribution in [0.1, 0.15) is 24.1 Å². The molecule has 0 N–H and O–H groups in total. The Balaban J connectivity index is 2.38. The second-order valence-corrected chi connectivity index (χ2v) is 4.35. The molecule has 2 aromatic rings. The van der Waals surface area contributed by atoms with Crippen LogP contribution in [0, 0.1) is 0 Å². The molecule has 0 saturated heterocycles. The van der Waals surface area contributed by atoms with Crippen molar-refractivity contribution in [1.82, 2.24) is 0 Å². The van der Waals surface area contributed by atoms with Crippen molar-refractivity contribution in [2.75, 3.05) is 0 Å². The minimum absolute atomic E-state index is 0.0455. The first-order valence-electron chi connectivity index (χ1n) is 6.06. The van der Waals surface area contributed by atoms with E-state index in [1.54, 1.807) is 0 Å². The molecule has 1 heteroatoms. The summed E-state index contributed by atoms with van der Waals surface area (Å²) in [6.07, 6.45) is 1.84. The van der Waals surface area contributed by atoms with Crippen molar-refractivity contribution in [3.8, 4) is 0 Å². The van der Waals surface area contributed by atoms with E-state index in [1.165, 1.54) is 11.1 Å². The van der Waals surface area contributed by atoms with Crippen molar-refractivity contribution in [3.63, 3.8) is 0 Å². The van der Waals surface area contributed by atoms with Crippen molar-refractivity contribution in [3.05, 3.63) is 83.9 Å². The van der Waals surface area contributed by atoms with Crippen LogP contribution in [0.5, 0.6) is 0 Å². The predicted molar refractivity (Wildman–Crippen MR) is 78.0 cm³/mol. The Hall–Kier alpha value is -2.15. The van der Waals surface area contributed by atoms with Crippen molar-refractivity contribution in [1.29, 1.82) is 0 Å². The van der Waals surface area contributed by atoms with Crippen molar-refractivity contribution in [2.24, 2.45) is 4.99 Å². The highest BCUT2D eigenvalue weighted by molar-refractivity contribution is 5.77. The average molecular weight is 235 g/mol.